The summed E-state index contributed by atoms with van der Waals surface area (Å²) in [4.78, 5) is 2.41. The third-order valence-corrected chi connectivity index (χ3v) is 2.74. The Balaban J connectivity index is 2.39. The number of halogens is 1. The molecule has 0 spiro atoms. The standard InChI is InChI=1S/C6H12IN/c1-5-3-6(7)4-8(5)2/h5-6H,3-4H2,1-2H3/t5-,6+/m1/s1. The van der Waals surface area contributed by atoms with Crippen LogP contribution < -0.4 is 0 Å². The van der Waals surface area contributed by atoms with Crippen LogP contribution in [0.3, 0.4) is 0 Å². The van der Waals surface area contributed by atoms with Crippen molar-refractivity contribution in [3.63, 3.8) is 0 Å². The summed E-state index contributed by atoms with van der Waals surface area (Å²) >= 11 is 2.52. The third-order valence-electron chi connectivity index (χ3n) is 1.84. The van der Waals surface area contributed by atoms with Gasteiger partial charge in [0.15, 0.2) is 0 Å². The Morgan fingerprint density at radius 3 is 2.38 bits per heavy atom. The van der Waals surface area contributed by atoms with Crippen LogP contribution in [-0.2, 0) is 0 Å². The minimum Gasteiger partial charge on any atom is -0.303 e. The smallest absolute Gasteiger partial charge is 0.0252 e. The van der Waals surface area contributed by atoms with Crippen LogP contribution in [0.15, 0.2) is 0 Å². The number of alkyl halides is 1. The van der Waals surface area contributed by atoms with Crippen molar-refractivity contribution in [1.82, 2.24) is 4.90 Å². The first-order valence-corrected chi connectivity index (χ1v) is 4.29. The molecule has 0 bridgehead atoms. The van der Waals surface area contributed by atoms with E-state index in [-0.39, 0.29) is 0 Å². The summed E-state index contributed by atoms with van der Waals surface area (Å²) in [5.74, 6) is 0. The van der Waals surface area contributed by atoms with Gasteiger partial charge in [-0.3, -0.25) is 0 Å². The quantitative estimate of drug-likeness (QED) is 0.446. The molecule has 0 N–H and O–H groups in total. The van der Waals surface area contributed by atoms with Crippen molar-refractivity contribution in [2.75, 3.05) is 13.6 Å². The van der Waals surface area contributed by atoms with Crippen molar-refractivity contribution in [3.05, 3.63) is 0 Å². The van der Waals surface area contributed by atoms with E-state index in [0.29, 0.717) is 0 Å². The second-order valence-corrected chi connectivity index (χ2v) is 4.38. The lowest BCUT2D eigenvalue weighted by Gasteiger charge is -2.12. The minimum absolute atomic E-state index is 0.817. The average molecular weight is 225 g/mol. The van der Waals surface area contributed by atoms with Gasteiger partial charge >= 0.3 is 0 Å². The maximum atomic E-state index is 2.52. The summed E-state index contributed by atoms with van der Waals surface area (Å²) in [6, 6.07) is 0.817. The van der Waals surface area contributed by atoms with Crippen LogP contribution in [0.5, 0.6) is 0 Å². The Morgan fingerprint density at radius 1 is 1.62 bits per heavy atom. The number of hydrogen-bond acceptors (Lipinski definition) is 1. The predicted molar refractivity (Wildman–Crippen MR) is 44.5 cm³/mol. The van der Waals surface area contributed by atoms with E-state index >= 15 is 0 Å². The molecule has 1 aliphatic rings. The zero-order chi connectivity index (χ0) is 6.15. The molecule has 0 amide bonds. The van der Waals surface area contributed by atoms with E-state index in [1.165, 1.54) is 13.0 Å². The van der Waals surface area contributed by atoms with E-state index in [0.717, 1.165) is 9.97 Å². The molecule has 1 aliphatic heterocycles. The molecule has 0 aromatic carbocycles. The molecule has 0 unspecified atom stereocenters. The average Bonchev–Trinajstić information content (AvgIpc) is 1.85. The maximum absolute atomic E-state index is 2.52. The van der Waals surface area contributed by atoms with Crippen molar-refractivity contribution in [2.45, 2.75) is 23.3 Å². The lowest BCUT2D eigenvalue weighted by atomic mass is 10.2. The zero-order valence-corrected chi connectivity index (χ0v) is 7.55. The van der Waals surface area contributed by atoms with E-state index < -0.39 is 0 Å². The maximum Gasteiger partial charge on any atom is 0.0252 e. The lowest BCUT2D eigenvalue weighted by molar-refractivity contribution is 0.331. The molecule has 0 saturated carbocycles. The number of likely N-dealkylation sites (tertiary alicyclic amines) is 1. The molecule has 48 valence electrons. The molecule has 1 nitrogen and oxygen atoms in total. The Bertz CT molecular complexity index is 74.6. The van der Waals surface area contributed by atoms with Gasteiger partial charge in [-0.25, -0.2) is 0 Å². The molecule has 1 rings (SSSR count). The van der Waals surface area contributed by atoms with Gasteiger partial charge in [0.25, 0.3) is 0 Å². The summed E-state index contributed by atoms with van der Waals surface area (Å²) in [6.45, 7) is 3.57. The Morgan fingerprint density at radius 2 is 2.25 bits per heavy atom. The lowest BCUT2D eigenvalue weighted by Crippen LogP contribution is -2.21. The molecule has 2 heteroatoms. The first kappa shape index (κ1) is 6.81. The van der Waals surface area contributed by atoms with Crippen molar-refractivity contribution >= 4 is 22.6 Å². The fourth-order valence-electron chi connectivity index (χ4n) is 1.12. The van der Waals surface area contributed by atoms with Crippen LogP contribution >= 0.6 is 22.6 Å². The van der Waals surface area contributed by atoms with Gasteiger partial charge in [-0.2, -0.15) is 0 Å². The van der Waals surface area contributed by atoms with Gasteiger partial charge in [0.1, 0.15) is 0 Å². The van der Waals surface area contributed by atoms with Gasteiger partial charge in [-0.1, -0.05) is 22.6 Å². The molecule has 1 saturated heterocycles. The Hall–Kier alpha value is 0.690. The second kappa shape index (κ2) is 2.52. The molecule has 0 aliphatic carbocycles. The number of rotatable bonds is 0. The SMILES string of the molecule is C[C@@H]1C[C@H](I)CN1C. The van der Waals surface area contributed by atoms with Crippen molar-refractivity contribution in [1.29, 1.82) is 0 Å². The second-order valence-electron chi connectivity index (χ2n) is 2.62. The summed E-state index contributed by atoms with van der Waals surface area (Å²) in [6.07, 6.45) is 1.37. The van der Waals surface area contributed by atoms with Gasteiger partial charge in [0.2, 0.25) is 0 Å². The van der Waals surface area contributed by atoms with Crippen molar-refractivity contribution < 1.29 is 0 Å². The largest absolute Gasteiger partial charge is 0.303 e. The normalized spacial score (nSPS) is 40.9. The van der Waals surface area contributed by atoms with E-state index in [1.807, 2.05) is 0 Å². The number of hydrogen-bond donors (Lipinski definition) is 0. The summed E-state index contributed by atoms with van der Waals surface area (Å²) in [5, 5.41) is 0. The highest BCUT2D eigenvalue weighted by atomic mass is 127. The summed E-state index contributed by atoms with van der Waals surface area (Å²) in [5.41, 5.74) is 0. The summed E-state index contributed by atoms with van der Waals surface area (Å²) < 4.78 is 0.896. The van der Waals surface area contributed by atoms with E-state index in [9.17, 15) is 0 Å². The molecule has 1 heterocycles. The molecule has 1 fully saturated rings. The first-order valence-electron chi connectivity index (χ1n) is 3.04. The highest BCUT2D eigenvalue weighted by Crippen LogP contribution is 2.20. The third kappa shape index (κ3) is 1.35. The Kier molecular flexibility index (Phi) is 2.14. The summed E-state index contributed by atoms with van der Waals surface area (Å²) in [7, 11) is 2.20. The van der Waals surface area contributed by atoms with Gasteiger partial charge in [0.05, 0.1) is 0 Å². The molecular formula is C6H12IN. The highest BCUT2D eigenvalue weighted by Gasteiger charge is 2.22. The fraction of sp³-hybridized carbons (Fsp3) is 1.00. The van der Waals surface area contributed by atoms with Gasteiger partial charge in [-0.15, -0.1) is 0 Å². The van der Waals surface area contributed by atoms with Crippen LogP contribution in [-0.4, -0.2) is 28.5 Å². The molecule has 2 atom stereocenters. The fourth-order valence-corrected chi connectivity index (χ4v) is 2.47. The molecule has 0 aromatic heterocycles. The van der Waals surface area contributed by atoms with Crippen molar-refractivity contribution in [3.8, 4) is 0 Å². The minimum atomic E-state index is 0.817. The molecule has 0 aromatic rings. The van der Waals surface area contributed by atoms with Crippen LogP contribution in [0, 0.1) is 0 Å². The van der Waals surface area contributed by atoms with E-state index in [2.05, 4.69) is 41.5 Å². The van der Waals surface area contributed by atoms with Gasteiger partial charge in [-0.05, 0) is 20.4 Å². The first-order chi connectivity index (χ1) is 3.70. The van der Waals surface area contributed by atoms with Crippen LogP contribution in [0.4, 0.5) is 0 Å². The van der Waals surface area contributed by atoms with Crippen LogP contribution in [0.25, 0.3) is 0 Å². The topological polar surface area (TPSA) is 3.24 Å². The molecule has 0 radical (unpaired) electrons. The van der Waals surface area contributed by atoms with Crippen LogP contribution in [0.1, 0.15) is 13.3 Å². The Labute approximate surface area is 64.6 Å². The molecule has 8 heavy (non-hydrogen) atoms. The highest BCUT2D eigenvalue weighted by molar-refractivity contribution is 14.1. The zero-order valence-electron chi connectivity index (χ0n) is 5.39. The van der Waals surface area contributed by atoms with Gasteiger partial charge in [0, 0.05) is 16.5 Å². The number of nitrogens with zero attached hydrogens (tertiary/aromatic N) is 1. The monoisotopic (exact) mass is 225 g/mol. The van der Waals surface area contributed by atoms with Crippen LogP contribution in [0.2, 0.25) is 0 Å². The van der Waals surface area contributed by atoms with E-state index in [4.69, 9.17) is 0 Å². The molecular weight excluding hydrogens is 213 g/mol. The van der Waals surface area contributed by atoms with Gasteiger partial charge < -0.3 is 4.90 Å². The van der Waals surface area contributed by atoms with E-state index in [1.54, 1.807) is 0 Å². The predicted octanol–water partition coefficient (Wildman–Crippen LogP) is 1.51. The van der Waals surface area contributed by atoms with Crippen molar-refractivity contribution in [2.24, 2.45) is 0 Å².